The maximum atomic E-state index is 8.51. The van der Waals surface area contributed by atoms with E-state index in [0.717, 1.165) is 26.1 Å². The van der Waals surface area contributed by atoms with Crippen LogP contribution in [0.5, 0.6) is 0 Å². The smallest absolute Gasteiger partial charge is 0.191 e. The summed E-state index contributed by atoms with van der Waals surface area (Å²) in [5.41, 5.74) is 5.51. The second-order valence-corrected chi connectivity index (χ2v) is 2.30. The number of nitrogens with two attached hydrogens (primary N) is 1. The number of aliphatic imine (C=N–C) groups is 1. The van der Waals surface area contributed by atoms with Gasteiger partial charge in [-0.3, -0.25) is 4.99 Å². The second-order valence-electron chi connectivity index (χ2n) is 2.30. The summed E-state index contributed by atoms with van der Waals surface area (Å²) >= 11 is 0. The Kier molecular flexibility index (Phi) is 2.50. The zero-order valence-electron chi connectivity index (χ0n) is 5.95. The molecule has 0 unspecified atom stereocenters. The average molecular weight is 143 g/mol. The van der Waals surface area contributed by atoms with Crippen LogP contribution in [0.3, 0.4) is 0 Å². The highest BCUT2D eigenvalue weighted by atomic mass is 16.3. The van der Waals surface area contributed by atoms with Crippen LogP contribution in [0.2, 0.25) is 0 Å². The van der Waals surface area contributed by atoms with Crippen LogP contribution in [-0.2, 0) is 0 Å². The van der Waals surface area contributed by atoms with Crippen LogP contribution in [0.1, 0.15) is 6.42 Å². The van der Waals surface area contributed by atoms with Crippen LogP contribution < -0.4 is 5.73 Å². The molecule has 0 spiro atoms. The van der Waals surface area contributed by atoms with Crippen molar-refractivity contribution in [3.63, 3.8) is 0 Å². The van der Waals surface area contributed by atoms with Crippen LogP contribution in [0.25, 0.3) is 0 Å². The van der Waals surface area contributed by atoms with Gasteiger partial charge in [-0.1, -0.05) is 0 Å². The van der Waals surface area contributed by atoms with Crippen molar-refractivity contribution in [2.24, 2.45) is 10.7 Å². The number of hydrogen-bond donors (Lipinski definition) is 2. The Morgan fingerprint density at radius 3 is 3.00 bits per heavy atom. The number of guanidine groups is 1. The molecule has 4 heteroatoms. The molecule has 0 aromatic rings. The van der Waals surface area contributed by atoms with Crippen molar-refractivity contribution in [3.8, 4) is 0 Å². The van der Waals surface area contributed by atoms with Gasteiger partial charge in [0.2, 0.25) is 0 Å². The zero-order chi connectivity index (χ0) is 7.40. The van der Waals surface area contributed by atoms with E-state index in [2.05, 4.69) is 4.99 Å². The first kappa shape index (κ1) is 7.34. The van der Waals surface area contributed by atoms with Crippen LogP contribution in [-0.4, -0.2) is 42.2 Å². The molecule has 0 aromatic heterocycles. The fourth-order valence-electron chi connectivity index (χ4n) is 0.988. The molecule has 0 atom stereocenters. The number of aliphatic hydroxyl groups excluding tert-OH is 1. The summed E-state index contributed by atoms with van der Waals surface area (Å²) in [5.74, 6) is 0.619. The first-order valence-electron chi connectivity index (χ1n) is 3.50. The highest BCUT2D eigenvalue weighted by molar-refractivity contribution is 5.79. The van der Waals surface area contributed by atoms with Crippen molar-refractivity contribution in [3.05, 3.63) is 0 Å². The van der Waals surface area contributed by atoms with Gasteiger partial charge >= 0.3 is 0 Å². The van der Waals surface area contributed by atoms with Crippen LogP contribution >= 0.6 is 0 Å². The molecule has 1 aliphatic heterocycles. The number of nitrogens with zero attached hydrogens (tertiary/aromatic N) is 2. The lowest BCUT2D eigenvalue weighted by Crippen LogP contribution is -2.34. The molecule has 0 bridgehead atoms. The van der Waals surface area contributed by atoms with Gasteiger partial charge in [-0.25, -0.2) is 0 Å². The summed E-state index contributed by atoms with van der Waals surface area (Å²) in [6, 6.07) is 0. The van der Waals surface area contributed by atoms with Gasteiger partial charge in [0.1, 0.15) is 0 Å². The van der Waals surface area contributed by atoms with Crippen molar-refractivity contribution < 1.29 is 5.11 Å². The lowest BCUT2D eigenvalue weighted by atomic mass is 10.4. The SMILES string of the molecule is NC1=NCCN1CCCO. The average Bonchev–Trinajstić information content (AvgIpc) is 2.31. The molecule has 0 amide bonds. The van der Waals surface area contributed by atoms with Crippen molar-refractivity contribution in [2.75, 3.05) is 26.2 Å². The quantitative estimate of drug-likeness (QED) is 0.532. The molecule has 0 fully saturated rings. The molecule has 0 aromatic carbocycles. The standard InChI is InChI=1S/C6H13N3O/c7-6-8-2-4-9(6)3-1-5-10/h10H,1-5H2,(H2,7,8). The number of aliphatic hydroxyl groups is 1. The van der Waals surface area contributed by atoms with Crippen molar-refractivity contribution in [2.45, 2.75) is 6.42 Å². The summed E-state index contributed by atoms with van der Waals surface area (Å²) in [6.45, 7) is 2.76. The topological polar surface area (TPSA) is 61.8 Å². The van der Waals surface area contributed by atoms with Gasteiger partial charge in [0.05, 0.1) is 6.54 Å². The summed E-state index contributed by atoms with van der Waals surface area (Å²) in [6.07, 6.45) is 0.774. The molecule has 1 aliphatic rings. The Labute approximate surface area is 60.3 Å². The highest BCUT2D eigenvalue weighted by Gasteiger charge is 2.11. The van der Waals surface area contributed by atoms with Crippen molar-refractivity contribution in [1.29, 1.82) is 0 Å². The predicted molar refractivity (Wildman–Crippen MR) is 39.8 cm³/mol. The van der Waals surface area contributed by atoms with Gasteiger partial charge in [-0.2, -0.15) is 0 Å². The summed E-state index contributed by atoms with van der Waals surface area (Å²) in [5, 5.41) is 8.51. The van der Waals surface area contributed by atoms with Crippen LogP contribution in [0.15, 0.2) is 4.99 Å². The molecule has 0 radical (unpaired) electrons. The van der Waals surface area contributed by atoms with E-state index in [4.69, 9.17) is 10.8 Å². The molecule has 0 saturated carbocycles. The fourth-order valence-corrected chi connectivity index (χ4v) is 0.988. The number of hydrogen-bond acceptors (Lipinski definition) is 4. The van der Waals surface area contributed by atoms with Gasteiger partial charge < -0.3 is 15.7 Å². The maximum absolute atomic E-state index is 8.51. The first-order valence-corrected chi connectivity index (χ1v) is 3.50. The Morgan fingerprint density at radius 1 is 1.70 bits per heavy atom. The van der Waals surface area contributed by atoms with E-state index in [1.54, 1.807) is 0 Å². The van der Waals surface area contributed by atoms with E-state index in [9.17, 15) is 0 Å². The van der Waals surface area contributed by atoms with Gasteiger partial charge in [0, 0.05) is 19.7 Å². The van der Waals surface area contributed by atoms with Gasteiger partial charge in [0.25, 0.3) is 0 Å². The third-order valence-corrected chi connectivity index (χ3v) is 1.55. The molecular weight excluding hydrogens is 130 g/mol. The Balaban J connectivity index is 2.22. The van der Waals surface area contributed by atoms with Crippen LogP contribution in [0.4, 0.5) is 0 Å². The van der Waals surface area contributed by atoms with Crippen molar-refractivity contribution >= 4 is 5.96 Å². The minimum atomic E-state index is 0.226. The Morgan fingerprint density at radius 2 is 2.50 bits per heavy atom. The molecule has 58 valence electrons. The largest absolute Gasteiger partial charge is 0.396 e. The van der Waals surface area contributed by atoms with Crippen molar-refractivity contribution in [1.82, 2.24) is 4.90 Å². The third-order valence-electron chi connectivity index (χ3n) is 1.55. The Hall–Kier alpha value is -0.770. The maximum Gasteiger partial charge on any atom is 0.191 e. The predicted octanol–water partition coefficient (Wildman–Crippen LogP) is -1.00. The number of rotatable bonds is 3. The molecule has 1 heterocycles. The molecule has 4 nitrogen and oxygen atoms in total. The highest BCUT2D eigenvalue weighted by Crippen LogP contribution is 1.97. The Bertz CT molecular complexity index is 135. The van der Waals surface area contributed by atoms with E-state index in [1.165, 1.54) is 0 Å². The minimum Gasteiger partial charge on any atom is -0.396 e. The summed E-state index contributed by atoms with van der Waals surface area (Å²) in [4.78, 5) is 5.99. The molecule has 10 heavy (non-hydrogen) atoms. The van der Waals surface area contributed by atoms with E-state index in [0.29, 0.717) is 5.96 Å². The minimum absolute atomic E-state index is 0.226. The van der Waals surface area contributed by atoms with E-state index >= 15 is 0 Å². The van der Waals surface area contributed by atoms with E-state index < -0.39 is 0 Å². The summed E-state index contributed by atoms with van der Waals surface area (Å²) < 4.78 is 0. The molecular formula is C6H13N3O. The molecule has 0 aliphatic carbocycles. The van der Waals surface area contributed by atoms with Gasteiger partial charge in [-0.15, -0.1) is 0 Å². The zero-order valence-corrected chi connectivity index (χ0v) is 5.95. The second kappa shape index (κ2) is 3.41. The van der Waals surface area contributed by atoms with E-state index in [1.807, 2.05) is 4.90 Å². The van der Waals surface area contributed by atoms with Gasteiger partial charge in [-0.05, 0) is 6.42 Å². The first-order chi connectivity index (χ1) is 4.84. The lowest BCUT2D eigenvalue weighted by Gasteiger charge is -2.15. The van der Waals surface area contributed by atoms with Gasteiger partial charge in [0.15, 0.2) is 5.96 Å². The summed E-state index contributed by atoms with van der Waals surface area (Å²) in [7, 11) is 0. The molecule has 3 N–H and O–H groups in total. The fraction of sp³-hybridized carbons (Fsp3) is 0.833. The van der Waals surface area contributed by atoms with E-state index in [-0.39, 0.29) is 6.61 Å². The third kappa shape index (κ3) is 1.60. The molecule has 0 saturated heterocycles. The molecule has 1 rings (SSSR count). The van der Waals surface area contributed by atoms with Crippen LogP contribution in [0, 0.1) is 0 Å². The monoisotopic (exact) mass is 143 g/mol. The lowest BCUT2D eigenvalue weighted by molar-refractivity contribution is 0.270. The normalized spacial score (nSPS) is 17.7.